The van der Waals surface area contributed by atoms with Crippen LogP contribution in [-0.2, 0) is 27.2 Å². The maximum atomic E-state index is 12.5. The number of hydrogen-bond acceptors (Lipinski definition) is 11. The van der Waals surface area contributed by atoms with E-state index in [1.54, 1.807) is 58.2 Å². The highest BCUT2D eigenvalue weighted by atomic mass is 16.5. The standard InChI is InChI=1S/C16H21N3O4.C15H19N3O4/c1-6-11-13(22-4)14(20)19-9-10(7-8-12(19)17-11)18-16(2,3)15(21)23-5;1-5-10-12(22-4)13(19)18-8-9(6-7-11(18)16-10)17-15(2,3)14(20)21/h7-9,18H,6H2,1-5H3;6-8,17H,5H2,1-4H3,(H,20,21). The molecule has 4 heterocycles. The summed E-state index contributed by atoms with van der Waals surface area (Å²) in [6, 6.07) is 6.84. The number of nitrogens with one attached hydrogen (secondary N) is 2. The molecule has 0 spiro atoms. The first-order chi connectivity index (χ1) is 21.1. The number of esters is 1. The summed E-state index contributed by atoms with van der Waals surface area (Å²) in [5.74, 6) is -0.956. The average Bonchev–Trinajstić information content (AvgIpc) is 3.00. The Bertz CT molecular complexity index is 1840. The molecule has 0 aliphatic carbocycles. The third-order valence-corrected chi connectivity index (χ3v) is 6.93. The average molecular weight is 625 g/mol. The second-order valence-electron chi connectivity index (χ2n) is 11.1. The highest BCUT2D eigenvalue weighted by Crippen LogP contribution is 2.20. The molecule has 4 aromatic heterocycles. The smallest absolute Gasteiger partial charge is 0.330 e. The number of methoxy groups -OCH3 is 3. The third kappa shape index (κ3) is 7.33. The van der Waals surface area contributed by atoms with E-state index < -0.39 is 23.0 Å². The number of carboxylic acids is 1. The first-order valence-electron chi connectivity index (χ1n) is 14.2. The Balaban J connectivity index is 0.000000246. The van der Waals surface area contributed by atoms with E-state index in [4.69, 9.17) is 19.3 Å². The molecule has 45 heavy (non-hydrogen) atoms. The van der Waals surface area contributed by atoms with E-state index >= 15 is 0 Å². The van der Waals surface area contributed by atoms with Gasteiger partial charge in [-0.1, -0.05) is 13.8 Å². The van der Waals surface area contributed by atoms with Gasteiger partial charge in [0.2, 0.25) is 11.5 Å². The van der Waals surface area contributed by atoms with Crippen molar-refractivity contribution >= 4 is 34.6 Å². The number of aryl methyl sites for hydroxylation is 2. The van der Waals surface area contributed by atoms with Gasteiger partial charge in [0.05, 0.1) is 44.1 Å². The summed E-state index contributed by atoms with van der Waals surface area (Å²) in [4.78, 5) is 56.7. The molecule has 0 amide bonds. The van der Waals surface area contributed by atoms with E-state index in [0.717, 1.165) is 0 Å². The molecule has 14 heteroatoms. The van der Waals surface area contributed by atoms with Crippen molar-refractivity contribution < 1.29 is 28.9 Å². The van der Waals surface area contributed by atoms with Crippen molar-refractivity contribution in [2.75, 3.05) is 32.0 Å². The van der Waals surface area contributed by atoms with Gasteiger partial charge in [0.1, 0.15) is 22.4 Å². The zero-order valence-corrected chi connectivity index (χ0v) is 27.0. The van der Waals surface area contributed by atoms with Crippen LogP contribution in [0.2, 0.25) is 0 Å². The van der Waals surface area contributed by atoms with Gasteiger partial charge in [0.15, 0.2) is 0 Å². The summed E-state index contributed by atoms with van der Waals surface area (Å²) >= 11 is 0. The number of nitrogens with zero attached hydrogens (tertiary/aromatic N) is 4. The lowest BCUT2D eigenvalue weighted by molar-refractivity contribution is -0.144. The molecule has 242 valence electrons. The van der Waals surface area contributed by atoms with Crippen LogP contribution < -0.4 is 31.2 Å². The van der Waals surface area contributed by atoms with Crippen molar-refractivity contribution in [1.82, 2.24) is 18.8 Å². The number of aliphatic carboxylic acids is 1. The van der Waals surface area contributed by atoms with Crippen molar-refractivity contribution in [2.45, 2.75) is 65.5 Å². The molecule has 0 aromatic carbocycles. The number of fused-ring (bicyclic) bond motifs is 2. The molecule has 3 N–H and O–H groups in total. The Kier molecular flexibility index (Phi) is 10.4. The molecule has 0 fully saturated rings. The fourth-order valence-electron chi connectivity index (χ4n) is 4.46. The molecule has 0 aliphatic rings. The first kappa shape index (κ1) is 34.4. The van der Waals surface area contributed by atoms with Crippen LogP contribution in [0.15, 0.2) is 46.2 Å². The first-order valence-corrected chi connectivity index (χ1v) is 14.2. The minimum absolute atomic E-state index is 0.203. The van der Waals surface area contributed by atoms with Crippen LogP contribution in [0, 0.1) is 0 Å². The number of ether oxygens (including phenoxy) is 3. The van der Waals surface area contributed by atoms with E-state index in [9.17, 15) is 19.2 Å². The van der Waals surface area contributed by atoms with Gasteiger partial charge in [-0.3, -0.25) is 18.4 Å². The zero-order valence-electron chi connectivity index (χ0n) is 27.0. The topological polar surface area (TPSA) is 175 Å². The van der Waals surface area contributed by atoms with Crippen molar-refractivity contribution in [2.24, 2.45) is 0 Å². The number of carbonyl (C=O) groups is 2. The second-order valence-corrected chi connectivity index (χ2v) is 11.1. The van der Waals surface area contributed by atoms with Gasteiger partial charge in [-0.2, -0.15) is 0 Å². The highest BCUT2D eigenvalue weighted by molar-refractivity contribution is 5.83. The van der Waals surface area contributed by atoms with Gasteiger partial charge in [0.25, 0.3) is 0 Å². The number of carbonyl (C=O) groups excluding carboxylic acids is 1. The number of pyridine rings is 2. The molecule has 0 atom stereocenters. The molecule has 0 saturated heterocycles. The second kappa shape index (κ2) is 13.7. The van der Waals surface area contributed by atoms with Gasteiger partial charge in [-0.15, -0.1) is 0 Å². The minimum Gasteiger partial charge on any atom is -0.490 e. The van der Waals surface area contributed by atoms with Crippen LogP contribution in [0.5, 0.6) is 11.5 Å². The maximum absolute atomic E-state index is 12.5. The quantitative estimate of drug-likeness (QED) is 0.220. The van der Waals surface area contributed by atoms with Crippen LogP contribution in [0.1, 0.15) is 52.9 Å². The summed E-state index contributed by atoms with van der Waals surface area (Å²) < 4.78 is 17.8. The van der Waals surface area contributed by atoms with Crippen LogP contribution in [-0.4, -0.2) is 68.2 Å². The van der Waals surface area contributed by atoms with Gasteiger partial charge in [-0.05, 0) is 64.8 Å². The van der Waals surface area contributed by atoms with E-state index in [1.807, 2.05) is 13.8 Å². The zero-order chi connectivity index (χ0) is 33.7. The SMILES string of the molecule is CCc1nc2ccc(NC(C)(C)C(=O)O)cn2c(=O)c1OC.CCc1nc2ccc(NC(C)(C)C(=O)OC)cn2c(=O)c1OC. The lowest BCUT2D eigenvalue weighted by Gasteiger charge is -2.24. The third-order valence-electron chi connectivity index (χ3n) is 6.93. The molecular formula is C31H40N6O8. The Morgan fingerprint density at radius 3 is 1.49 bits per heavy atom. The maximum Gasteiger partial charge on any atom is 0.330 e. The fourth-order valence-corrected chi connectivity index (χ4v) is 4.46. The predicted molar refractivity (Wildman–Crippen MR) is 170 cm³/mol. The van der Waals surface area contributed by atoms with Crippen LogP contribution >= 0.6 is 0 Å². The summed E-state index contributed by atoms with van der Waals surface area (Å²) in [6.45, 7) is 10.3. The van der Waals surface area contributed by atoms with Gasteiger partial charge in [0, 0.05) is 12.4 Å². The van der Waals surface area contributed by atoms with E-state index in [1.165, 1.54) is 36.3 Å². The molecule has 0 aliphatic heterocycles. The van der Waals surface area contributed by atoms with Gasteiger partial charge < -0.3 is 30.0 Å². The fraction of sp³-hybridized carbons (Fsp3) is 0.419. The van der Waals surface area contributed by atoms with Crippen LogP contribution in [0.25, 0.3) is 11.3 Å². The Hall–Kier alpha value is -5.14. The van der Waals surface area contributed by atoms with Crippen molar-refractivity contribution in [1.29, 1.82) is 0 Å². The molecule has 4 aromatic rings. The van der Waals surface area contributed by atoms with Crippen molar-refractivity contribution in [3.63, 3.8) is 0 Å². The van der Waals surface area contributed by atoms with E-state index in [-0.39, 0.29) is 22.6 Å². The predicted octanol–water partition coefficient (Wildman–Crippen LogP) is 3.17. The van der Waals surface area contributed by atoms with E-state index in [2.05, 4.69) is 20.6 Å². The van der Waals surface area contributed by atoms with Gasteiger partial charge >= 0.3 is 23.1 Å². The summed E-state index contributed by atoms with van der Waals surface area (Å²) in [7, 11) is 4.21. The van der Waals surface area contributed by atoms with Gasteiger partial charge in [-0.25, -0.2) is 19.6 Å². The summed E-state index contributed by atoms with van der Waals surface area (Å²) in [6.07, 6.45) is 4.31. The molecule has 14 nitrogen and oxygen atoms in total. The normalized spacial score (nSPS) is 11.4. The number of rotatable bonds is 10. The molecular weight excluding hydrogens is 584 g/mol. The largest absolute Gasteiger partial charge is 0.490 e. The lowest BCUT2D eigenvalue weighted by atomic mass is 10.1. The van der Waals surface area contributed by atoms with Crippen LogP contribution in [0.4, 0.5) is 11.4 Å². The number of aromatic nitrogens is 4. The molecule has 0 bridgehead atoms. The Morgan fingerprint density at radius 1 is 0.756 bits per heavy atom. The number of carboxylic acid groups (broad SMARTS) is 1. The monoisotopic (exact) mass is 624 g/mol. The number of hydrogen-bond donors (Lipinski definition) is 3. The van der Waals surface area contributed by atoms with E-state index in [0.29, 0.717) is 46.9 Å². The summed E-state index contributed by atoms with van der Waals surface area (Å²) in [5.41, 5.74) is 0.654. The lowest BCUT2D eigenvalue weighted by Crippen LogP contribution is -2.41. The molecule has 4 rings (SSSR count). The Labute approximate surface area is 260 Å². The minimum atomic E-state index is -1.15. The highest BCUT2D eigenvalue weighted by Gasteiger charge is 2.29. The summed E-state index contributed by atoms with van der Waals surface area (Å²) in [5, 5.41) is 15.1. The molecule has 0 unspecified atom stereocenters. The molecule has 0 radical (unpaired) electrons. The van der Waals surface area contributed by atoms with Crippen LogP contribution in [0.3, 0.4) is 0 Å². The van der Waals surface area contributed by atoms with Crippen molar-refractivity contribution in [3.05, 3.63) is 68.8 Å². The number of anilines is 2. The van der Waals surface area contributed by atoms with Crippen molar-refractivity contribution in [3.8, 4) is 11.5 Å². The molecule has 0 saturated carbocycles. The Morgan fingerprint density at radius 2 is 1.16 bits per heavy atom.